The Balaban J connectivity index is 1.84. The summed E-state index contributed by atoms with van der Waals surface area (Å²) in [5, 5.41) is 6.50. The van der Waals surface area contributed by atoms with Crippen LogP contribution in [0, 0.1) is 5.92 Å². The minimum atomic E-state index is -0.0102. The number of hydrogen-bond acceptors (Lipinski definition) is 3. The molecule has 16 heavy (non-hydrogen) atoms. The van der Waals surface area contributed by atoms with Crippen LogP contribution in [0.1, 0.15) is 33.1 Å². The van der Waals surface area contributed by atoms with Crippen LogP contribution in [0.2, 0.25) is 0 Å². The standard InChI is InChI=1S/C12H22N2O2/c1-3-6-13-10-8-16-7-9(10)11(15)14-12(2)4-5-12/h9-10,13H,3-8H2,1-2H3,(H,14,15). The third-order valence-corrected chi connectivity index (χ3v) is 3.50. The van der Waals surface area contributed by atoms with Gasteiger partial charge in [-0.3, -0.25) is 4.79 Å². The van der Waals surface area contributed by atoms with E-state index in [2.05, 4.69) is 24.5 Å². The fourth-order valence-electron chi connectivity index (χ4n) is 2.05. The van der Waals surface area contributed by atoms with E-state index in [0.717, 1.165) is 25.8 Å². The highest BCUT2D eigenvalue weighted by Crippen LogP contribution is 2.34. The molecule has 1 amide bonds. The number of ether oxygens (including phenoxy) is 1. The van der Waals surface area contributed by atoms with Gasteiger partial charge < -0.3 is 15.4 Å². The first kappa shape index (κ1) is 11.9. The number of amides is 1. The van der Waals surface area contributed by atoms with E-state index in [-0.39, 0.29) is 23.4 Å². The topological polar surface area (TPSA) is 50.4 Å². The van der Waals surface area contributed by atoms with Crippen molar-refractivity contribution in [3.8, 4) is 0 Å². The molecule has 2 aliphatic rings. The van der Waals surface area contributed by atoms with E-state index in [1.807, 2.05) is 0 Å². The SMILES string of the molecule is CCCNC1COCC1C(=O)NC1(C)CC1. The summed E-state index contributed by atoms with van der Waals surface area (Å²) in [5.41, 5.74) is 0.0784. The van der Waals surface area contributed by atoms with Gasteiger partial charge in [-0.25, -0.2) is 0 Å². The van der Waals surface area contributed by atoms with Crippen molar-refractivity contribution < 1.29 is 9.53 Å². The number of nitrogens with one attached hydrogen (secondary N) is 2. The van der Waals surface area contributed by atoms with Crippen LogP contribution in [-0.4, -0.2) is 37.2 Å². The second-order valence-electron chi connectivity index (χ2n) is 5.25. The monoisotopic (exact) mass is 226 g/mol. The smallest absolute Gasteiger partial charge is 0.227 e. The molecule has 0 bridgehead atoms. The largest absolute Gasteiger partial charge is 0.379 e. The van der Waals surface area contributed by atoms with Crippen molar-refractivity contribution in [2.75, 3.05) is 19.8 Å². The van der Waals surface area contributed by atoms with E-state index in [1.165, 1.54) is 0 Å². The maximum atomic E-state index is 12.0. The molecule has 0 spiro atoms. The Kier molecular flexibility index (Phi) is 3.50. The van der Waals surface area contributed by atoms with E-state index in [4.69, 9.17) is 4.74 Å². The zero-order valence-electron chi connectivity index (χ0n) is 10.2. The predicted octanol–water partition coefficient (Wildman–Crippen LogP) is 0.670. The van der Waals surface area contributed by atoms with Gasteiger partial charge in [-0.1, -0.05) is 6.92 Å². The maximum absolute atomic E-state index is 12.0. The molecular weight excluding hydrogens is 204 g/mol. The zero-order chi connectivity index (χ0) is 11.6. The third-order valence-electron chi connectivity index (χ3n) is 3.50. The summed E-state index contributed by atoms with van der Waals surface area (Å²) in [6, 6.07) is 0.197. The minimum Gasteiger partial charge on any atom is -0.379 e. The van der Waals surface area contributed by atoms with Gasteiger partial charge in [0.15, 0.2) is 0 Å². The molecule has 92 valence electrons. The van der Waals surface area contributed by atoms with Gasteiger partial charge in [-0.2, -0.15) is 0 Å². The van der Waals surface area contributed by atoms with Gasteiger partial charge in [0.1, 0.15) is 0 Å². The number of carbonyl (C=O) groups is 1. The molecule has 1 aliphatic heterocycles. The summed E-state index contributed by atoms with van der Waals surface area (Å²) in [5.74, 6) is 0.148. The quantitative estimate of drug-likeness (QED) is 0.724. The molecule has 4 heteroatoms. The van der Waals surface area contributed by atoms with Crippen molar-refractivity contribution in [1.29, 1.82) is 0 Å². The summed E-state index contributed by atoms with van der Waals surface area (Å²) in [6.07, 6.45) is 3.31. The normalized spacial score (nSPS) is 31.4. The lowest BCUT2D eigenvalue weighted by molar-refractivity contribution is -0.126. The number of rotatable bonds is 5. The van der Waals surface area contributed by atoms with E-state index in [0.29, 0.717) is 13.2 Å². The predicted molar refractivity (Wildman–Crippen MR) is 62.2 cm³/mol. The van der Waals surface area contributed by atoms with Gasteiger partial charge in [-0.05, 0) is 32.7 Å². The van der Waals surface area contributed by atoms with E-state index in [1.54, 1.807) is 0 Å². The lowest BCUT2D eigenvalue weighted by atomic mass is 10.0. The molecule has 4 nitrogen and oxygen atoms in total. The lowest BCUT2D eigenvalue weighted by Gasteiger charge is -2.20. The Bertz CT molecular complexity index is 264. The molecule has 2 rings (SSSR count). The fraction of sp³-hybridized carbons (Fsp3) is 0.917. The molecule has 0 radical (unpaired) electrons. The van der Waals surface area contributed by atoms with Crippen molar-refractivity contribution >= 4 is 5.91 Å². The third kappa shape index (κ3) is 2.74. The van der Waals surface area contributed by atoms with Gasteiger partial charge in [0, 0.05) is 11.6 Å². The van der Waals surface area contributed by atoms with Crippen LogP contribution >= 0.6 is 0 Å². The fourth-order valence-corrected chi connectivity index (χ4v) is 2.05. The van der Waals surface area contributed by atoms with Gasteiger partial charge >= 0.3 is 0 Å². The van der Waals surface area contributed by atoms with Crippen molar-refractivity contribution in [1.82, 2.24) is 10.6 Å². The Morgan fingerprint density at radius 1 is 1.44 bits per heavy atom. The molecule has 1 aliphatic carbocycles. The highest BCUT2D eigenvalue weighted by atomic mass is 16.5. The Morgan fingerprint density at radius 3 is 2.81 bits per heavy atom. The number of hydrogen-bond donors (Lipinski definition) is 2. The second kappa shape index (κ2) is 4.72. The first-order valence-electron chi connectivity index (χ1n) is 6.28. The molecule has 2 unspecified atom stereocenters. The molecule has 1 saturated carbocycles. The first-order valence-corrected chi connectivity index (χ1v) is 6.28. The molecule has 0 aromatic heterocycles. The van der Waals surface area contributed by atoms with Crippen LogP contribution < -0.4 is 10.6 Å². The van der Waals surface area contributed by atoms with Gasteiger partial charge in [0.2, 0.25) is 5.91 Å². The lowest BCUT2D eigenvalue weighted by Crippen LogP contribution is -2.47. The summed E-state index contributed by atoms with van der Waals surface area (Å²) in [4.78, 5) is 12.0. The summed E-state index contributed by atoms with van der Waals surface area (Å²) < 4.78 is 5.40. The molecular formula is C12H22N2O2. The van der Waals surface area contributed by atoms with E-state index < -0.39 is 0 Å². The Labute approximate surface area is 97.1 Å². The Morgan fingerprint density at radius 2 is 2.19 bits per heavy atom. The average Bonchev–Trinajstić information content (AvgIpc) is 2.82. The first-order chi connectivity index (χ1) is 7.64. The van der Waals surface area contributed by atoms with E-state index in [9.17, 15) is 4.79 Å². The van der Waals surface area contributed by atoms with Crippen LogP contribution in [0.15, 0.2) is 0 Å². The van der Waals surface area contributed by atoms with Crippen LogP contribution in [0.5, 0.6) is 0 Å². The molecule has 2 atom stereocenters. The van der Waals surface area contributed by atoms with Crippen LogP contribution in [-0.2, 0) is 9.53 Å². The number of carbonyl (C=O) groups excluding carboxylic acids is 1. The van der Waals surface area contributed by atoms with Gasteiger partial charge in [-0.15, -0.1) is 0 Å². The molecule has 1 heterocycles. The molecule has 1 saturated heterocycles. The minimum absolute atomic E-state index is 0.0102. The van der Waals surface area contributed by atoms with Crippen molar-refractivity contribution in [3.05, 3.63) is 0 Å². The van der Waals surface area contributed by atoms with Gasteiger partial charge in [0.25, 0.3) is 0 Å². The summed E-state index contributed by atoms with van der Waals surface area (Å²) >= 11 is 0. The highest BCUT2D eigenvalue weighted by molar-refractivity contribution is 5.81. The van der Waals surface area contributed by atoms with E-state index >= 15 is 0 Å². The van der Waals surface area contributed by atoms with Crippen LogP contribution in [0.4, 0.5) is 0 Å². The average molecular weight is 226 g/mol. The van der Waals surface area contributed by atoms with Crippen LogP contribution in [0.3, 0.4) is 0 Å². The second-order valence-corrected chi connectivity index (χ2v) is 5.25. The van der Waals surface area contributed by atoms with Crippen LogP contribution in [0.25, 0.3) is 0 Å². The Hall–Kier alpha value is -0.610. The van der Waals surface area contributed by atoms with Crippen molar-refractivity contribution in [2.24, 2.45) is 5.92 Å². The molecule has 2 fully saturated rings. The highest BCUT2D eigenvalue weighted by Gasteiger charge is 2.42. The zero-order valence-corrected chi connectivity index (χ0v) is 10.2. The van der Waals surface area contributed by atoms with Crippen molar-refractivity contribution in [3.63, 3.8) is 0 Å². The summed E-state index contributed by atoms with van der Waals surface area (Å²) in [6.45, 7) is 6.41. The molecule has 0 aromatic carbocycles. The molecule has 2 N–H and O–H groups in total. The summed E-state index contributed by atoms with van der Waals surface area (Å²) in [7, 11) is 0. The molecule has 0 aromatic rings. The van der Waals surface area contributed by atoms with Gasteiger partial charge in [0.05, 0.1) is 19.1 Å². The maximum Gasteiger partial charge on any atom is 0.227 e. The van der Waals surface area contributed by atoms with Crippen molar-refractivity contribution in [2.45, 2.75) is 44.7 Å².